The molecule has 0 aliphatic carbocycles. The zero-order chi connectivity index (χ0) is 15.6. The second-order valence-corrected chi connectivity index (χ2v) is 5.56. The average Bonchev–Trinajstić information content (AvgIpc) is 2.45. The summed E-state index contributed by atoms with van der Waals surface area (Å²) in [6, 6.07) is 6.15. The van der Waals surface area contributed by atoms with Gasteiger partial charge in [0, 0.05) is 24.6 Å². The van der Waals surface area contributed by atoms with Crippen molar-refractivity contribution < 1.29 is 4.74 Å². The molecular formula is C17H23N3O. The molecule has 0 bridgehead atoms. The highest BCUT2D eigenvalue weighted by Gasteiger charge is 2.15. The molecule has 0 fully saturated rings. The van der Waals surface area contributed by atoms with Crippen LogP contribution in [0, 0.1) is 13.8 Å². The third kappa shape index (κ3) is 3.15. The maximum absolute atomic E-state index is 5.55. The minimum atomic E-state index is 0.272. The van der Waals surface area contributed by atoms with Gasteiger partial charge in [0.25, 0.3) is 0 Å². The van der Waals surface area contributed by atoms with Gasteiger partial charge in [-0.05, 0) is 31.0 Å². The second-order valence-electron chi connectivity index (χ2n) is 5.56. The molecule has 1 heterocycles. The molecule has 4 heteroatoms. The van der Waals surface area contributed by atoms with Crippen LogP contribution in [-0.4, -0.2) is 24.1 Å². The van der Waals surface area contributed by atoms with Crippen molar-refractivity contribution in [1.29, 1.82) is 0 Å². The van der Waals surface area contributed by atoms with E-state index in [4.69, 9.17) is 9.72 Å². The fourth-order valence-electron chi connectivity index (χ4n) is 2.40. The summed E-state index contributed by atoms with van der Waals surface area (Å²) in [6.45, 7) is 8.34. The minimum Gasteiger partial charge on any atom is -0.496 e. The molecular weight excluding hydrogens is 262 g/mol. The normalized spacial score (nSPS) is 10.8. The van der Waals surface area contributed by atoms with Gasteiger partial charge in [-0.25, -0.2) is 9.97 Å². The molecule has 0 radical (unpaired) electrons. The van der Waals surface area contributed by atoms with E-state index in [1.165, 1.54) is 5.56 Å². The van der Waals surface area contributed by atoms with Crippen molar-refractivity contribution in [3.8, 4) is 17.0 Å². The summed E-state index contributed by atoms with van der Waals surface area (Å²) in [4.78, 5) is 9.24. The molecule has 4 nitrogen and oxygen atoms in total. The van der Waals surface area contributed by atoms with Gasteiger partial charge in [-0.2, -0.15) is 0 Å². The predicted molar refractivity (Wildman–Crippen MR) is 87.1 cm³/mol. The van der Waals surface area contributed by atoms with Gasteiger partial charge < -0.3 is 10.1 Å². The van der Waals surface area contributed by atoms with Crippen LogP contribution in [-0.2, 0) is 0 Å². The Hall–Kier alpha value is -2.10. The zero-order valence-corrected chi connectivity index (χ0v) is 13.6. The molecule has 0 aliphatic heterocycles. The monoisotopic (exact) mass is 285 g/mol. The first-order chi connectivity index (χ1) is 9.96. The van der Waals surface area contributed by atoms with E-state index >= 15 is 0 Å². The summed E-state index contributed by atoms with van der Waals surface area (Å²) in [5, 5.41) is 3.11. The van der Waals surface area contributed by atoms with Crippen LogP contribution in [0.25, 0.3) is 11.3 Å². The summed E-state index contributed by atoms with van der Waals surface area (Å²) < 4.78 is 5.55. The molecule has 0 atom stereocenters. The molecule has 21 heavy (non-hydrogen) atoms. The topological polar surface area (TPSA) is 47.0 Å². The molecule has 2 aromatic rings. The van der Waals surface area contributed by atoms with Gasteiger partial charge in [0.2, 0.25) is 0 Å². The minimum absolute atomic E-state index is 0.272. The van der Waals surface area contributed by atoms with Crippen LogP contribution in [0.5, 0.6) is 5.75 Å². The lowest BCUT2D eigenvalue weighted by molar-refractivity contribution is 0.415. The van der Waals surface area contributed by atoms with Crippen LogP contribution in [0.3, 0.4) is 0 Å². The molecule has 0 spiro atoms. The third-order valence-electron chi connectivity index (χ3n) is 3.44. The average molecular weight is 285 g/mol. The largest absolute Gasteiger partial charge is 0.496 e. The number of methoxy groups -OCH3 is 1. The van der Waals surface area contributed by atoms with E-state index in [1.54, 1.807) is 7.11 Å². The smallest absolute Gasteiger partial charge is 0.133 e. The second kappa shape index (κ2) is 6.12. The number of nitrogens with zero attached hydrogens (tertiary/aromatic N) is 2. The summed E-state index contributed by atoms with van der Waals surface area (Å²) in [6.07, 6.45) is 0. The number of rotatable bonds is 4. The molecule has 1 aromatic heterocycles. The third-order valence-corrected chi connectivity index (χ3v) is 3.44. The molecule has 0 saturated carbocycles. The van der Waals surface area contributed by atoms with Gasteiger partial charge in [0.15, 0.2) is 0 Å². The Bertz CT molecular complexity index is 651. The maximum atomic E-state index is 5.55. The molecule has 1 N–H and O–H groups in total. The van der Waals surface area contributed by atoms with Crippen molar-refractivity contribution in [2.75, 3.05) is 19.5 Å². The number of nitrogens with one attached hydrogen (secondary N) is 1. The van der Waals surface area contributed by atoms with Crippen LogP contribution in [0.2, 0.25) is 0 Å². The Labute approximate surface area is 126 Å². The highest BCUT2D eigenvalue weighted by molar-refractivity contribution is 5.73. The molecule has 2 rings (SSSR count). The van der Waals surface area contributed by atoms with Gasteiger partial charge in [0.1, 0.15) is 17.4 Å². The van der Waals surface area contributed by atoms with Crippen molar-refractivity contribution in [1.82, 2.24) is 9.97 Å². The number of aryl methyl sites for hydroxylation is 2. The van der Waals surface area contributed by atoms with Gasteiger partial charge in [-0.3, -0.25) is 0 Å². The number of benzene rings is 1. The molecule has 0 saturated heterocycles. The fraction of sp³-hybridized carbons (Fsp3) is 0.412. The molecule has 0 amide bonds. The predicted octanol–water partition coefficient (Wildman–Crippen LogP) is 3.93. The summed E-state index contributed by atoms with van der Waals surface area (Å²) in [7, 11) is 3.57. The van der Waals surface area contributed by atoms with Gasteiger partial charge in [0.05, 0.1) is 12.8 Å². The van der Waals surface area contributed by atoms with Crippen LogP contribution in [0.1, 0.15) is 36.7 Å². The first kappa shape index (κ1) is 15.3. The van der Waals surface area contributed by atoms with Gasteiger partial charge in [-0.1, -0.05) is 19.9 Å². The fourth-order valence-corrected chi connectivity index (χ4v) is 2.40. The van der Waals surface area contributed by atoms with E-state index in [2.05, 4.69) is 44.1 Å². The lowest BCUT2D eigenvalue weighted by Gasteiger charge is -2.15. The standard InChI is InChI=1S/C17H23N3O/c1-10(2)17-19-13(9-15(18-5)20-17)16-12(4)7-11(3)8-14(16)21-6/h7-10H,1-6H3,(H,18,19,20). The van der Waals surface area contributed by atoms with Crippen LogP contribution in [0.4, 0.5) is 5.82 Å². The lowest BCUT2D eigenvalue weighted by Crippen LogP contribution is -2.04. The van der Waals surface area contributed by atoms with Crippen LogP contribution in [0.15, 0.2) is 18.2 Å². The van der Waals surface area contributed by atoms with Gasteiger partial charge in [-0.15, -0.1) is 0 Å². The van der Waals surface area contributed by atoms with E-state index < -0.39 is 0 Å². The summed E-state index contributed by atoms with van der Waals surface area (Å²) >= 11 is 0. The molecule has 0 unspecified atom stereocenters. The Balaban J connectivity index is 2.69. The van der Waals surface area contributed by atoms with Crippen molar-refractivity contribution in [2.24, 2.45) is 0 Å². The number of ether oxygens (including phenoxy) is 1. The molecule has 112 valence electrons. The van der Waals surface area contributed by atoms with Crippen molar-refractivity contribution >= 4 is 5.82 Å². The number of anilines is 1. The van der Waals surface area contributed by atoms with E-state index in [0.717, 1.165) is 34.2 Å². The van der Waals surface area contributed by atoms with E-state index in [0.29, 0.717) is 0 Å². The highest BCUT2D eigenvalue weighted by atomic mass is 16.5. The first-order valence-corrected chi connectivity index (χ1v) is 7.18. The number of hydrogen-bond donors (Lipinski definition) is 1. The SMILES string of the molecule is CNc1cc(-c2c(C)cc(C)cc2OC)nc(C(C)C)n1. The quantitative estimate of drug-likeness (QED) is 0.924. The number of aromatic nitrogens is 2. The van der Waals surface area contributed by atoms with E-state index in [-0.39, 0.29) is 5.92 Å². The van der Waals surface area contributed by atoms with Crippen molar-refractivity contribution in [3.63, 3.8) is 0 Å². The zero-order valence-electron chi connectivity index (χ0n) is 13.6. The van der Waals surface area contributed by atoms with E-state index in [1.807, 2.05) is 19.2 Å². The van der Waals surface area contributed by atoms with Gasteiger partial charge >= 0.3 is 0 Å². The Morgan fingerprint density at radius 1 is 1.10 bits per heavy atom. The van der Waals surface area contributed by atoms with Crippen molar-refractivity contribution in [3.05, 3.63) is 35.2 Å². The van der Waals surface area contributed by atoms with Crippen molar-refractivity contribution in [2.45, 2.75) is 33.6 Å². The number of hydrogen-bond acceptors (Lipinski definition) is 4. The highest BCUT2D eigenvalue weighted by Crippen LogP contribution is 2.34. The summed E-state index contributed by atoms with van der Waals surface area (Å²) in [5.41, 5.74) is 4.26. The first-order valence-electron chi connectivity index (χ1n) is 7.18. The summed E-state index contributed by atoms with van der Waals surface area (Å²) in [5.74, 6) is 2.78. The Morgan fingerprint density at radius 3 is 2.38 bits per heavy atom. The lowest BCUT2D eigenvalue weighted by atomic mass is 10.0. The molecule has 0 aliphatic rings. The Kier molecular flexibility index (Phi) is 4.46. The van der Waals surface area contributed by atoms with E-state index in [9.17, 15) is 0 Å². The molecule has 1 aromatic carbocycles. The van der Waals surface area contributed by atoms with Crippen LogP contribution >= 0.6 is 0 Å². The Morgan fingerprint density at radius 2 is 1.81 bits per heavy atom. The maximum Gasteiger partial charge on any atom is 0.133 e. The van der Waals surface area contributed by atoms with Crippen LogP contribution < -0.4 is 10.1 Å².